The molecule has 7 nitrogen and oxygen atoms in total. The van der Waals surface area contributed by atoms with Crippen LogP contribution in [0.5, 0.6) is 0 Å². The predicted octanol–water partition coefficient (Wildman–Crippen LogP) is 2.88. The largest absolute Gasteiger partial charge is 0.481 e. The van der Waals surface area contributed by atoms with Crippen LogP contribution in [0.4, 0.5) is 0 Å². The van der Waals surface area contributed by atoms with E-state index < -0.39 is 29.9 Å². The molecule has 3 N–H and O–H groups in total. The van der Waals surface area contributed by atoms with Crippen LogP contribution < -0.4 is 10.6 Å². The van der Waals surface area contributed by atoms with E-state index in [0.717, 1.165) is 11.1 Å². The number of rotatable bonds is 13. The highest BCUT2D eigenvalue weighted by Gasteiger charge is 2.28. The summed E-state index contributed by atoms with van der Waals surface area (Å²) < 4.78 is 5.27. The van der Waals surface area contributed by atoms with Gasteiger partial charge in [-0.15, -0.1) is 6.58 Å². The second kappa shape index (κ2) is 13.1. The van der Waals surface area contributed by atoms with Gasteiger partial charge in [0.15, 0.2) is 0 Å². The molecule has 0 fully saturated rings. The molecule has 2 aromatic carbocycles. The summed E-state index contributed by atoms with van der Waals surface area (Å²) in [4.78, 5) is 37.2. The Morgan fingerprint density at radius 2 is 1.62 bits per heavy atom. The van der Waals surface area contributed by atoms with Crippen molar-refractivity contribution in [1.82, 2.24) is 10.6 Å². The second-order valence-electron chi connectivity index (χ2n) is 7.50. The van der Waals surface area contributed by atoms with Crippen molar-refractivity contribution in [2.75, 3.05) is 13.7 Å². The van der Waals surface area contributed by atoms with Gasteiger partial charge in [0.2, 0.25) is 11.8 Å². The summed E-state index contributed by atoms with van der Waals surface area (Å²) in [5, 5.41) is 14.8. The molecule has 0 aliphatic rings. The van der Waals surface area contributed by atoms with E-state index in [-0.39, 0.29) is 31.8 Å². The normalized spacial score (nSPS) is 13.4. The molecule has 0 saturated carbocycles. The summed E-state index contributed by atoms with van der Waals surface area (Å²) >= 11 is 0. The first-order valence-corrected chi connectivity index (χ1v) is 10.5. The van der Waals surface area contributed by atoms with Crippen molar-refractivity contribution in [1.29, 1.82) is 0 Å². The van der Waals surface area contributed by atoms with Crippen LogP contribution in [-0.2, 0) is 25.5 Å². The van der Waals surface area contributed by atoms with E-state index in [1.165, 1.54) is 6.08 Å². The first kappa shape index (κ1) is 24.8. The molecule has 2 rings (SSSR count). The molecule has 0 saturated heterocycles. The van der Waals surface area contributed by atoms with Gasteiger partial charge in [0, 0.05) is 13.5 Å². The van der Waals surface area contributed by atoms with Gasteiger partial charge in [0.05, 0.1) is 25.0 Å². The van der Waals surface area contributed by atoms with E-state index in [1.54, 1.807) is 7.11 Å². The van der Waals surface area contributed by atoms with Crippen molar-refractivity contribution in [2.45, 2.75) is 31.3 Å². The minimum absolute atomic E-state index is 0.203. The number of amides is 2. The Morgan fingerprint density at radius 1 is 1.00 bits per heavy atom. The number of carbonyl (C=O) groups excluding carboxylic acids is 2. The third kappa shape index (κ3) is 8.00. The molecule has 0 radical (unpaired) electrons. The molecule has 0 spiro atoms. The van der Waals surface area contributed by atoms with Crippen molar-refractivity contribution in [2.24, 2.45) is 5.92 Å². The van der Waals surface area contributed by atoms with Crippen molar-refractivity contribution in [3.8, 4) is 0 Å². The Morgan fingerprint density at radius 3 is 2.19 bits per heavy atom. The minimum atomic E-state index is -1.08. The van der Waals surface area contributed by atoms with Gasteiger partial charge in [0.25, 0.3) is 0 Å². The molecule has 0 aliphatic carbocycles. The van der Waals surface area contributed by atoms with Crippen molar-refractivity contribution >= 4 is 17.8 Å². The van der Waals surface area contributed by atoms with Gasteiger partial charge in [-0.25, -0.2) is 0 Å². The van der Waals surface area contributed by atoms with Gasteiger partial charge < -0.3 is 20.5 Å². The fourth-order valence-electron chi connectivity index (χ4n) is 3.39. The molecule has 0 heterocycles. The summed E-state index contributed by atoms with van der Waals surface area (Å²) in [6, 6.07) is 17.5. The number of ether oxygens (including phenoxy) is 1. The summed E-state index contributed by atoms with van der Waals surface area (Å²) in [5.41, 5.74) is 1.75. The molecular formula is C25H30N2O5. The van der Waals surface area contributed by atoms with Crippen LogP contribution in [0.1, 0.15) is 30.0 Å². The van der Waals surface area contributed by atoms with Crippen LogP contribution >= 0.6 is 0 Å². The summed E-state index contributed by atoms with van der Waals surface area (Å²) in [6.45, 7) is 3.86. The van der Waals surface area contributed by atoms with Crippen LogP contribution in [0, 0.1) is 5.92 Å². The number of hydrogen-bond donors (Lipinski definition) is 3. The maximum Gasteiger partial charge on any atom is 0.304 e. The molecular weight excluding hydrogens is 408 g/mol. The number of hydrogen-bond acceptors (Lipinski definition) is 4. The van der Waals surface area contributed by atoms with Gasteiger partial charge in [0.1, 0.15) is 6.04 Å². The second-order valence-corrected chi connectivity index (χ2v) is 7.50. The maximum atomic E-state index is 13.2. The molecule has 2 aromatic rings. The van der Waals surface area contributed by atoms with Crippen molar-refractivity contribution in [3.63, 3.8) is 0 Å². The van der Waals surface area contributed by atoms with Gasteiger partial charge >= 0.3 is 5.97 Å². The number of carbonyl (C=O) groups is 3. The number of allylic oxidation sites excluding steroid dienone is 1. The van der Waals surface area contributed by atoms with Crippen LogP contribution in [0.25, 0.3) is 0 Å². The maximum absolute atomic E-state index is 13.2. The molecule has 3 unspecified atom stereocenters. The van der Waals surface area contributed by atoms with Crippen LogP contribution in [0.15, 0.2) is 73.3 Å². The Bertz CT molecular complexity index is 886. The lowest BCUT2D eigenvalue weighted by atomic mass is 9.98. The van der Waals surface area contributed by atoms with E-state index in [0.29, 0.717) is 0 Å². The summed E-state index contributed by atoms with van der Waals surface area (Å²) in [7, 11) is 1.55. The first-order valence-electron chi connectivity index (χ1n) is 10.5. The van der Waals surface area contributed by atoms with Gasteiger partial charge in [-0.1, -0.05) is 66.7 Å². The fourth-order valence-corrected chi connectivity index (χ4v) is 3.39. The van der Waals surface area contributed by atoms with Crippen LogP contribution in [0.2, 0.25) is 0 Å². The highest BCUT2D eigenvalue weighted by atomic mass is 16.5. The van der Waals surface area contributed by atoms with Crippen LogP contribution in [0.3, 0.4) is 0 Å². The highest BCUT2D eigenvalue weighted by molar-refractivity contribution is 5.90. The molecule has 170 valence electrons. The zero-order valence-corrected chi connectivity index (χ0v) is 18.2. The topological polar surface area (TPSA) is 105 Å². The Labute approximate surface area is 188 Å². The number of carboxylic acid groups (broad SMARTS) is 1. The molecule has 0 aromatic heterocycles. The first-order chi connectivity index (χ1) is 15.4. The molecule has 3 atom stereocenters. The highest BCUT2D eigenvalue weighted by Crippen LogP contribution is 2.15. The monoisotopic (exact) mass is 438 g/mol. The standard InChI is InChI=1S/C25H30N2O5/c1-3-10-20(16-23(28)29)24(30)26-21(15-18-11-6-4-7-12-18)25(31)27-22(17-32-2)19-13-8-5-9-14-19/h3-9,11-14,20-22H,1,10,15-17H2,2H3,(H,26,30)(H,27,31)(H,28,29). The van der Waals surface area contributed by atoms with E-state index in [4.69, 9.17) is 9.84 Å². The van der Waals surface area contributed by atoms with E-state index >= 15 is 0 Å². The SMILES string of the molecule is C=CCC(CC(=O)O)C(=O)NC(Cc1ccccc1)C(=O)NC(COC)c1ccccc1. The number of methoxy groups -OCH3 is 1. The molecule has 0 aliphatic heterocycles. The van der Waals surface area contributed by atoms with E-state index in [1.807, 2.05) is 60.7 Å². The fraction of sp³-hybridized carbons (Fsp3) is 0.320. The number of benzene rings is 2. The Balaban J connectivity index is 2.22. The lowest BCUT2D eigenvalue weighted by Gasteiger charge is -2.25. The molecule has 2 amide bonds. The quantitative estimate of drug-likeness (QED) is 0.417. The smallest absolute Gasteiger partial charge is 0.304 e. The van der Waals surface area contributed by atoms with Gasteiger partial charge in [-0.2, -0.15) is 0 Å². The average Bonchev–Trinajstić information content (AvgIpc) is 2.79. The third-order valence-electron chi connectivity index (χ3n) is 5.01. The summed E-state index contributed by atoms with van der Waals surface area (Å²) in [6.07, 6.45) is 1.63. The lowest BCUT2D eigenvalue weighted by molar-refractivity contribution is -0.141. The van der Waals surface area contributed by atoms with Crippen molar-refractivity contribution < 1.29 is 24.2 Å². The minimum Gasteiger partial charge on any atom is -0.481 e. The lowest BCUT2D eigenvalue weighted by Crippen LogP contribution is -2.51. The van der Waals surface area contributed by atoms with Gasteiger partial charge in [-0.3, -0.25) is 14.4 Å². The van der Waals surface area contributed by atoms with Gasteiger partial charge in [-0.05, 0) is 17.5 Å². The molecule has 32 heavy (non-hydrogen) atoms. The van der Waals surface area contributed by atoms with E-state index in [2.05, 4.69) is 17.2 Å². The molecule has 7 heteroatoms. The van der Waals surface area contributed by atoms with E-state index in [9.17, 15) is 14.4 Å². The number of carboxylic acids is 1. The van der Waals surface area contributed by atoms with Crippen molar-refractivity contribution in [3.05, 3.63) is 84.4 Å². The predicted molar refractivity (Wildman–Crippen MR) is 122 cm³/mol. The Kier molecular flexibility index (Phi) is 10.1. The third-order valence-corrected chi connectivity index (χ3v) is 5.01. The zero-order chi connectivity index (χ0) is 23.3. The molecule has 0 bridgehead atoms. The van der Waals surface area contributed by atoms with Crippen LogP contribution in [-0.4, -0.2) is 42.6 Å². The average molecular weight is 439 g/mol. The Hall–Kier alpha value is -3.45. The summed E-state index contributed by atoms with van der Waals surface area (Å²) in [5.74, 6) is -2.76. The zero-order valence-electron chi connectivity index (χ0n) is 18.2. The number of aliphatic carboxylic acids is 1. The number of nitrogens with one attached hydrogen (secondary N) is 2.